The monoisotopic (exact) mass is 564 g/mol. The van der Waals surface area contributed by atoms with E-state index in [1.807, 2.05) is 44.4 Å². The molecule has 202 valence electrons. The summed E-state index contributed by atoms with van der Waals surface area (Å²) in [6.45, 7) is 7.94. The maximum atomic E-state index is 13.2. The van der Waals surface area contributed by atoms with Crippen molar-refractivity contribution in [2.24, 2.45) is 5.92 Å². The molecule has 3 aromatic carbocycles. The Hall–Kier alpha value is -3.81. The van der Waals surface area contributed by atoms with Gasteiger partial charge in [-0.25, -0.2) is 0 Å². The van der Waals surface area contributed by atoms with E-state index < -0.39 is 0 Å². The minimum Gasteiger partial charge on any atom is -0.352 e. The molecular weight excluding hydrogens is 535 g/mol. The maximum absolute atomic E-state index is 13.2. The third-order valence-electron chi connectivity index (χ3n) is 6.19. The fraction of sp³-hybridized carbons (Fsp3) is 0.233. The van der Waals surface area contributed by atoms with Gasteiger partial charge in [0.15, 0.2) is 0 Å². The summed E-state index contributed by atoms with van der Waals surface area (Å²) in [5, 5.41) is 10.3. The molecule has 0 unspecified atom stereocenters. The molecule has 0 aliphatic rings. The van der Waals surface area contributed by atoms with Gasteiger partial charge in [-0.15, -0.1) is 0 Å². The summed E-state index contributed by atoms with van der Waals surface area (Å²) in [4.78, 5) is 38.2. The summed E-state index contributed by atoms with van der Waals surface area (Å²) in [7, 11) is 0. The molecule has 1 heterocycles. The van der Waals surface area contributed by atoms with Crippen molar-refractivity contribution in [3.8, 4) is 0 Å². The summed E-state index contributed by atoms with van der Waals surface area (Å²) >= 11 is 12.4. The van der Waals surface area contributed by atoms with Crippen molar-refractivity contribution in [1.29, 1.82) is 0 Å². The highest BCUT2D eigenvalue weighted by atomic mass is 35.5. The highest BCUT2D eigenvalue weighted by molar-refractivity contribution is 6.34. The summed E-state index contributed by atoms with van der Waals surface area (Å²) in [5.41, 5.74) is 3.57. The van der Waals surface area contributed by atoms with Crippen LogP contribution in [-0.4, -0.2) is 22.3 Å². The van der Waals surface area contributed by atoms with Gasteiger partial charge in [0.05, 0.1) is 10.6 Å². The number of carbonyl (C=O) groups excluding carboxylic acids is 3. The topological polar surface area (TPSA) is 92.2 Å². The third kappa shape index (κ3) is 6.61. The van der Waals surface area contributed by atoms with E-state index >= 15 is 0 Å². The van der Waals surface area contributed by atoms with Crippen LogP contribution in [0.2, 0.25) is 10.0 Å². The molecular formula is C30H30Cl2N4O3. The number of amides is 3. The number of aromatic nitrogens is 1. The average Bonchev–Trinajstić information content (AvgIpc) is 3.27. The van der Waals surface area contributed by atoms with Crippen LogP contribution < -0.4 is 16.0 Å². The lowest BCUT2D eigenvalue weighted by atomic mass is 10.1. The van der Waals surface area contributed by atoms with E-state index in [4.69, 9.17) is 23.2 Å². The molecule has 3 amide bonds. The molecule has 0 aliphatic carbocycles. The zero-order valence-electron chi connectivity index (χ0n) is 22.1. The van der Waals surface area contributed by atoms with Gasteiger partial charge >= 0.3 is 0 Å². The van der Waals surface area contributed by atoms with Crippen molar-refractivity contribution in [3.05, 3.63) is 93.6 Å². The maximum Gasteiger partial charge on any atom is 0.272 e. The minimum absolute atomic E-state index is 0.0146. The van der Waals surface area contributed by atoms with Gasteiger partial charge in [-0.1, -0.05) is 49.2 Å². The van der Waals surface area contributed by atoms with Gasteiger partial charge in [0.25, 0.3) is 11.8 Å². The summed E-state index contributed by atoms with van der Waals surface area (Å²) in [6.07, 6.45) is 0. The highest BCUT2D eigenvalue weighted by Gasteiger charge is 2.19. The fourth-order valence-electron chi connectivity index (χ4n) is 4.25. The molecule has 0 fully saturated rings. The number of hydrogen-bond acceptors (Lipinski definition) is 3. The van der Waals surface area contributed by atoms with Crippen LogP contribution in [0.4, 0.5) is 11.4 Å². The number of halogens is 2. The summed E-state index contributed by atoms with van der Waals surface area (Å²) in [6, 6.07) is 19.4. The van der Waals surface area contributed by atoms with Crippen LogP contribution in [0.25, 0.3) is 10.9 Å². The standard InChI is InChI=1S/C30H30Cl2N4O3/c1-17(2)28(37)33-16-19-8-10-25(32)24(12-19)29(38)34-23-9-11-26-20(13-23)14-27(36(26)18(3)4)30(39)35-22-7-5-6-21(31)15-22/h5-15,17-18H,16H2,1-4H3,(H,33,37)(H,34,38)(H,35,39). The predicted molar refractivity (Wildman–Crippen MR) is 158 cm³/mol. The molecule has 7 nitrogen and oxygen atoms in total. The van der Waals surface area contributed by atoms with Crippen LogP contribution in [0.15, 0.2) is 66.7 Å². The lowest BCUT2D eigenvalue weighted by molar-refractivity contribution is -0.124. The number of hydrogen-bond donors (Lipinski definition) is 3. The van der Waals surface area contributed by atoms with Gasteiger partial charge in [0.1, 0.15) is 5.69 Å². The Morgan fingerprint density at radius 2 is 1.54 bits per heavy atom. The second kappa shape index (κ2) is 11.9. The molecule has 0 aliphatic heterocycles. The zero-order valence-corrected chi connectivity index (χ0v) is 23.7. The van der Waals surface area contributed by atoms with E-state index in [2.05, 4.69) is 16.0 Å². The van der Waals surface area contributed by atoms with E-state index in [1.165, 1.54) is 0 Å². The van der Waals surface area contributed by atoms with Crippen LogP contribution in [-0.2, 0) is 11.3 Å². The van der Waals surface area contributed by atoms with Crippen molar-refractivity contribution in [2.75, 3.05) is 10.6 Å². The number of rotatable bonds is 8. The molecule has 9 heteroatoms. The van der Waals surface area contributed by atoms with E-state index in [9.17, 15) is 14.4 Å². The molecule has 0 saturated heterocycles. The number of benzene rings is 3. The first-order valence-electron chi connectivity index (χ1n) is 12.6. The van der Waals surface area contributed by atoms with E-state index in [0.717, 1.165) is 16.5 Å². The Morgan fingerprint density at radius 1 is 0.821 bits per heavy atom. The Kier molecular flexibility index (Phi) is 8.63. The van der Waals surface area contributed by atoms with Gasteiger partial charge in [-0.3, -0.25) is 14.4 Å². The number of nitrogens with one attached hydrogen (secondary N) is 3. The second-order valence-electron chi connectivity index (χ2n) is 9.87. The van der Waals surface area contributed by atoms with Crippen LogP contribution >= 0.6 is 23.2 Å². The molecule has 39 heavy (non-hydrogen) atoms. The summed E-state index contributed by atoms with van der Waals surface area (Å²) < 4.78 is 1.95. The van der Waals surface area contributed by atoms with E-state index in [-0.39, 0.29) is 29.7 Å². The average molecular weight is 566 g/mol. The normalized spacial score (nSPS) is 11.2. The Bertz CT molecular complexity index is 1560. The molecule has 0 radical (unpaired) electrons. The lowest BCUT2D eigenvalue weighted by Crippen LogP contribution is -2.27. The van der Waals surface area contributed by atoms with E-state index in [1.54, 1.807) is 54.6 Å². The predicted octanol–water partition coefficient (Wildman–Crippen LogP) is 7.31. The van der Waals surface area contributed by atoms with Crippen molar-refractivity contribution in [2.45, 2.75) is 40.3 Å². The smallest absolute Gasteiger partial charge is 0.272 e. The second-order valence-corrected chi connectivity index (χ2v) is 10.7. The van der Waals surface area contributed by atoms with Crippen LogP contribution in [0.5, 0.6) is 0 Å². The Balaban J connectivity index is 1.57. The van der Waals surface area contributed by atoms with Crippen molar-refractivity contribution >= 4 is 63.2 Å². The SMILES string of the molecule is CC(C)C(=O)NCc1ccc(Cl)c(C(=O)Nc2ccc3c(c2)cc(C(=O)Nc2cccc(Cl)c2)n3C(C)C)c1. The van der Waals surface area contributed by atoms with Crippen LogP contribution in [0.3, 0.4) is 0 Å². The molecule has 4 aromatic rings. The lowest BCUT2D eigenvalue weighted by Gasteiger charge is -2.15. The molecule has 0 saturated carbocycles. The molecule has 4 rings (SSSR count). The van der Waals surface area contributed by atoms with Crippen LogP contribution in [0.1, 0.15) is 60.1 Å². The van der Waals surface area contributed by atoms with Gasteiger partial charge in [-0.2, -0.15) is 0 Å². The Labute approximate surface area is 237 Å². The quantitative estimate of drug-likeness (QED) is 0.209. The van der Waals surface area contributed by atoms with Gasteiger partial charge in [0.2, 0.25) is 5.91 Å². The molecule has 0 bridgehead atoms. The largest absolute Gasteiger partial charge is 0.352 e. The van der Waals surface area contributed by atoms with Crippen molar-refractivity contribution in [1.82, 2.24) is 9.88 Å². The first-order chi connectivity index (χ1) is 18.5. The zero-order chi connectivity index (χ0) is 28.3. The Morgan fingerprint density at radius 3 is 2.23 bits per heavy atom. The van der Waals surface area contributed by atoms with Gasteiger partial charge < -0.3 is 20.5 Å². The molecule has 3 N–H and O–H groups in total. The third-order valence-corrected chi connectivity index (χ3v) is 6.76. The molecule has 1 aromatic heterocycles. The highest BCUT2D eigenvalue weighted by Crippen LogP contribution is 2.29. The molecule has 0 spiro atoms. The number of fused-ring (bicyclic) bond motifs is 1. The fourth-order valence-corrected chi connectivity index (χ4v) is 4.65. The van der Waals surface area contributed by atoms with Crippen LogP contribution in [0, 0.1) is 5.92 Å². The molecule has 0 atom stereocenters. The number of nitrogens with zero attached hydrogens (tertiary/aromatic N) is 1. The van der Waals surface area contributed by atoms with Crippen molar-refractivity contribution in [3.63, 3.8) is 0 Å². The van der Waals surface area contributed by atoms with E-state index in [0.29, 0.717) is 39.2 Å². The number of carbonyl (C=O) groups is 3. The van der Waals surface area contributed by atoms with Gasteiger partial charge in [-0.05, 0) is 74.0 Å². The van der Waals surface area contributed by atoms with Crippen molar-refractivity contribution < 1.29 is 14.4 Å². The summed E-state index contributed by atoms with van der Waals surface area (Å²) in [5.74, 6) is -0.846. The first kappa shape index (κ1) is 28.2. The number of anilines is 2. The first-order valence-corrected chi connectivity index (χ1v) is 13.4. The van der Waals surface area contributed by atoms with Gasteiger partial charge in [0, 0.05) is 45.8 Å². The minimum atomic E-state index is -0.376.